The maximum absolute atomic E-state index is 13.3. The maximum Gasteiger partial charge on any atom is 0.247 e. The molecular formula is C17H21FN4O. The van der Waals surface area contributed by atoms with Crippen LogP contribution in [0.15, 0.2) is 28.7 Å². The molecule has 1 aliphatic carbocycles. The Morgan fingerprint density at radius 1 is 1.26 bits per heavy atom. The molecule has 6 heteroatoms. The monoisotopic (exact) mass is 316 g/mol. The largest absolute Gasteiger partial charge is 0.419 e. The Bertz CT molecular complexity index is 685. The number of hydrogen-bond acceptors (Lipinski definition) is 5. The van der Waals surface area contributed by atoms with Gasteiger partial charge in [-0.2, -0.15) is 0 Å². The minimum absolute atomic E-state index is 0.299. The van der Waals surface area contributed by atoms with Gasteiger partial charge in [-0.25, -0.2) is 4.39 Å². The fourth-order valence-electron chi connectivity index (χ4n) is 3.26. The lowest BCUT2D eigenvalue weighted by molar-refractivity contribution is 0.0667. The summed E-state index contributed by atoms with van der Waals surface area (Å²) < 4.78 is 19.0. The zero-order valence-electron chi connectivity index (χ0n) is 13.3. The molecule has 1 atom stereocenters. The highest BCUT2D eigenvalue weighted by Crippen LogP contribution is 2.29. The van der Waals surface area contributed by atoms with Crippen molar-refractivity contribution in [1.29, 1.82) is 0 Å². The fraction of sp³-hybridized carbons (Fsp3) is 0.529. The van der Waals surface area contributed by atoms with E-state index < -0.39 is 0 Å². The third-order valence-corrected chi connectivity index (χ3v) is 4.74. The van der Waals surface area contributed by atoms with Gasteiger partial charge in [-0.1, -0.05) is 6.07 Å². The van der Waals surface area contributed by atoms with Crippen LogP contribution in [0.25, 0.3) is 11.5 Å². The molecule has 0 radical (unpaired) electrons. The van der Waals surface area contributed by atoms with Crippen LogP contribution < -0.4 is 0 Å². The van der Waals surface area contributed by atoms with Crippen molar-refractivity contribution >= 4 is 0 Å². The quantitative estimate of drug-likeness (QED) is 0.867. The number of benzene rings is 1. The predicted octanol–water partition coefficient (Wildman–Crippen LogP) is 2.54. The lowest BCUT2D eigenvalue weighted by Crippen LogP contribution is -2.51. The summed E-state index contributed by atoms with van der Waals surface area (Å²) in [6.07, 6.45) is 2.71. The van der Waals surface area contributed by atoms with Crippen molar-refractivity contribution < 1.29 is 8.81 Å². The molecule has 1 saturated carbocycles. The average molecular weight is 316 g/mol. The first-order valence-electron chi connectivity index (χ1n) is 8.25. The molecule has 0 N–H and O–H groups in total. The molecule has 1 saturated heterocycles. The first kappa shape index (κ1) is 14.8. The Labute approximate surface area is 135 Å². The molecule has 23 heavy (non-hydrogen) atoms. The molecule has 0 bridgehead atoms. The Morgan fingerprint density at radius 3 is 2.87 bits per heavy atom. The highest BCUT2D eigenvalue weighted by Gasteiger charge is 2.34. The van der Waals surface area contributed by atoms with Crippen LogP contribution in [0, 0.1) is 5.82 Å². The van der Waals surface area contributed by atoms with Gasteiger partial charge in [-0.05, 0) is 38.0 Å². The van der Waals surface area contributed by atoms with Crippen LogP contribution in [0.4, 0.5) is 4.39 Å². The fourth-order valence-corrected chi connectivity index (χ4v) is 3.26. The van der Waals surface area contributed by atoms with Crippen LogP contribution in [0.2, 0.25) is 0 Å². The van der Waals surface area contributed by atoms with E-state index in [1.54, 1.807) is 12.1 Å². The second-order valence-electron chi connectivity index (χ2n) is 6.56. The number of piperazine rings is 1. The zero-order valence-corrected chi connectivity index (χ0v) is 13.3. The molecule has 1 aromatic heterocycles. The molecule has 4 rings (SSSR count). The van der Waals surface area contributed by atoms with Gasteiger partial charge in [0.05, 0.1) is 6.54 Å². The summed E-state index contributed by atoms with van der Waals surface area (Å²) >= 11 is 0. The lowest BCUT2D eigenvalue weighted by Gasteiger charge is -2.39. The van der Waals surface area contributed by atoms with Gasteiger partial charge in [0.25, 0.3) is 0 Å². The van der Waals surface area contributed by atoms with Crippen molar-refractivity contribution in [3.8, 4) is 11.5 Å². The number of aromatic nitrogens is 2. The summed E-state index contributed by atoms with van der Waals surface area (Å²) in [5.41, 5.74) is 0.621. The van der Waals surface area contributed by atoms with Gasteiger partial charge in [0.15, 0.2) is 0 Å². The second-order valence-corrected chi connectivity index (χ2v) is 6.56. The predicted molar refractivity (Wildman–Crippen MR) is 84.2 cm³/mol. The summed E-state index contributed by atoms with van der Waals surface area (Å²) in [5.74, 6) is 0.673. The van der Waals surface area contributed by atoms with Crippen LogP contribution in [0.3, 0.4) is 0 Å². The van der Waals surface area contributed by atoms with E-state index in [-0.39, 0.29) is 5.82 Å². The summed E-state index contributed by atoms with van der Waals surface area (Å²) in [6.45, 7) is 6.14. The Hall–Kier alpha value is -1.79. The summed E-state index contributed by atoms with van der Waals surface area (Å²) in [6, 6.07) is 7.54. The lowest BCUT2D eigenvalue weighted by atomic mass is 10.2. The van der Waals surface area contributed by atoms with Crippen molar-refractivity contribution in [2.75, 3.05) is 19.6 Å². The first-order valence-corrected chi connectivity index (χ1v) is 8.25. The highest BCUT2D eigenvalue weighted by molar-refractivity contribution is 5.52. The highest BCUT2D eigenvalue weighted by atomic mass is 19.1. The zero-order chi connectivity index (χ0) is 15.8. The van der Waals surface area contributed by atoms with E-state index in [0.29, 0.717) is 29.9 Å². The molecule has 1 aromatic carbocycles. The number of halogens is 1. The van der Waals surface area contributed by atoms with Gasteiger partial charge >= 0.3 is 0 Å². The smallest absolute Gasteiger partial charge is 0.247 e. The SMILES string of the molecule is CC1CN(C2CC2)CCN1Cc1nnc(-c2cccc(F)c2)o1. The van der Waals surface area contributed by atoms with E-state index in [9.17, 15) is 4.39 Å². The van der Waals surface area contributed by atoms with Crippen LogP contribution in [0.1, 0.15) is 25.7 Å². The maximum atomic E-state index is 13.3. The van der Waals surface area contributed by atoms with Gasteiger partial charge in [-0.15, -0.1) is 10.2 Å². The Kier molecular flexibility index (Phi) is 3.87. The molecule has 2 fully saturated rings. The summed E-state index contributed by atoms with van der Waals surface area (Å²) in [4.78, 5) is 4.97. The average Bonchev–Trinajstić information content (AvgIpc) is 3.29. The molecular weight excluding hydrogens is 295 g/mol. The molecule has 2 aliphatic rings. The van der Waals surface area contributed by atoms with E-state index in [1.807, 2.05) is 0 Å². The molecule has 0 spiro atoms. The van der Waals surface area contributed by atoms with E-state index >= 15 is 0 Å². The number of hydrogen-bond donors (Lipinski definition) is 0. The van der Waals surface area contributed by atoms with Crippen LogP contribution >= 0.6 is 0 Å². The van der Waals surface area contributed by atoms with Gasteiger partial charge in [0.2, 0.25) is 11.8 Å². The Morgan fingerprint density at radius 2 is 2.13 bits per heavy atom. The molecule has 5 nitrogen and oxygen atoms in total. The van der Waals surface area contributed by atoms with Crippen molar-refractivity contribution in [2.45, 2.75) is 38.4 Å². The van der Waals surface area contributed by atoms with Crippen molar-refractivity contribution in [3.63, 3.8) is 0 Å². The van der Waals surface area contributed by atoms with Crippen LogP contribution in [0.5, 0.6) is 0 Å². The Balaban J connectivity index is 1.41. The topological polar surface area (TPSA) is 45.4 Å². The minimum atomic E-state index is -0.299. The van der Waals surface area contributed by atoms with Crippen LogP contribution in [-0.4, -0.2) is 51.7 Å². The normalized spacial score (nSPS) is 23.3. The molecule has 2 heterocycles. The van der Waals surface area contributed by atoms with Crippen LogP contribution in [-0.2, 0) is 6.54 Å². The van der Waals surface area contributed by atoms with Gasteiger partial charge in [-0.3, -0.25) is 9.80 Å². The second kappa shape index (κ2) is 6.02. The molecule has 1 unspecified atom stereocenters. The van der Waals surface area contributed by atoms with E-state index in [2.05, 4.69) is 26.9 Å². The number of nitrogens with zero attached hydrogens (tertiary/aromatic N) is 4. The standard InChI is InChI=1S/C17H21FN4O/c1-12-10-22(15-5-6-15)8-7-21(12)11-16-19-20-17(23-16)13-3-2-4-14(18)9-13/h2-4,9,12,15H,5-8,10-11H2,1H3. The van der Waals surface area contributed by atoms with Gasteiger partial charge in [0.1, 0.15) is 5.82 Å². The van der Waals surface area contributed by atoms with Gasteiger partial charge < -0.3 is 4.42 Å². The van der Waals surface area contributed by atoms with Crippen molar-refractivity contribution in [1.82, 2.24) is 20.0 Å². The summed E-state index contributed by atoms with van der Waals surface area (Å²) in [7, 11) is 0. The molecule has 122 valence electrons. The third-order valence-electron chi connectivity index (χ3n) is 4.74. The molecule has 0 amide bonds. The van der Waals surface area contributed by atoms with Gasteiger partial charge in [0, 0.05) is 37.3 Å². The van der Waals surface area contributed by atoms with E-state index in [4.69, 9.17) is 4.42 Å². The van der Waals surface area contributed by atoms with Crippen molar-refractivity contribution in [3.05, 3.63) is 36.0 Å². The van der Waals surface area contributed by atoms with Crippen molar-refractivity contribution in [2.24, 2.45) is 0 Å². The third kappa shape index (κ3) is 3.28. The first-order chi connectivity index (χ1) is 11.2. The summed E-state index contributed by atoms with van der Waals surface area (Å²) in [5, 5.41) is 8.17. The molecule has 1 aliphatic heterocycles. The minimum Gasteiger partial charge on any atom is -0.419 e. The van der Waals surface area contributed by atoms with E-state index in [1.165, 1.54) is 25.0 Å². The molecule has 2 aromatic rings. The van der Waals surface area contributed by atoms with E-state index in [0.717, 1.165) is 25.7 Å². The number of rotatable bonds is 4.